The monoisotopic (exact) mass is 266 g/mol. The molecule has 0 saturated heterocycles. The standard InChI is InChI=1S/C13H18N2O4/c1-15(2)10-5-3-9(4-6-10)7-11(13(18)19)14-8-12(16)17/h3-6,11,14H,7-8H2,1-2H3,(H,16,17)(H,18,19). The van der Waals surface area contributed by atoms with E-state index in [1.165, 1.54) is 0 Å². The van der Waals surface area contributed by atoms with Crippen molar-refractivity contribution in [2.75, 3.05) is 25.5 Å². The van der Waals surface area contributed by atoms with E-state index >= 15 is 0 Å². The molecule has 1 aromatic rings. The van der Waals surface area contributed by atoms with Crippen LogP contribution in [0.3, 0.4) is 0 Å². The van der Waals surface area contributed by atoms with Crippen LogP contribution in [0.25, 0.3) is 0 Å². The Morgan fingerprint density at radius 1 is 1.21 bits per heavy atom. The zero-order valence-corrected chi connectivity index (χ0v) is 11.0. The molecule has 0 spiro atoms. The molecule has 6 heteroatoms. The van der Waals surface area contributed by atoms with Crippen LogP contribution >= 0.6 is 0 Å². The first-order valence-electron chi connectivity index (χ1n) is 5.84. The molecule has 6 nitrogen and oxygen atoms in total. The fourth-order valence-corrected chi connectivity index (χ4v) is 1.62. The molecule has 1 atom stereocenters. The third-order valence-corrected chi connectivity index (χ3v) is 2.69. The van der Waals surface area contributed by atoms with Crippen molar-refractivity contribution in [2.45, 2.75) is 12.5 Å². The second kappa shape index (κ2) is 6.75. The molecule has 0 aliphatic heterocycles. The van der Waals surface area contributed by atoms with E-state index in [2.05, 4.69) is 5.32 Å². The summed E-state index contributed by atoms with van der Waals surface area (Å²) >= 11 is 0. The lowest BCUT2D eigenvalue weighted by Gasteiger charge is -2.15. The van der Waals surface area contributed by atoms with Gasteiger partial charge in [-0.15, -0.1) is 0 Å². The SMILES string of the molecule is CN(C)c1ccc(CC(NCC(=O)O)C(=O)O)cc1. The summed E-state index contributed by atoms with van der Waals surface area (Å²) in [6, 6.07) is 6.57. The first-order valence-corrected chi connectivity index (χ1v) is 5.84. The van der Waals surface area contributed by atoms with Gasteiger partial charge in [0, 0.05) is 19.8 Å². The Labute approximate surface area is 111 Å². The third-order valence-electron chi connectivity index (χ3n) is 2.69. The normalized spacial score (nSPS) is 11.9. The number of hydrogen-bond donors (Lipinski definition) is 3. The number of carbonyl (C=O) groups is 2. The summed E-state index contributed by atoms with van der Waals surface area (Å²) in [6.07, 6.45) is 0.246. The highest BCUT2D eigenvalue weighted by molar-refractivity contribution is 5.76. The van der Waals surface area contributed by atoms with Crippen LogP contribution in [0.1, 0.15) is 5.56 Å². The van der Waals surface area contributed by atoms with Gasteiger partial charge in [-0.3, -0.25) is 14.9 Å². The first-order chi connectivity index (χ1) is 8.90. The minimum Gasteiger partial charge on any atom is -0.480 e. The Kier molecular flexibility index (Phi) is 5.32. The number of rotatable bonds is 7. The van der Waals surface area contributed by atoms with E-state index in [0.29, 0.717) is 0 Å². The number of hydrogen-bond acceptors (Lipinski definition) is 4. The number of carboxylic acid groups (broad SMARTS) is 2. The average Bonchev–Trinajstić information content (AvgIpc) is 2.34. The zero-order chi connectivity index (χ0) is 14.4. The highest BCUT2D eigenvalue weighted by atomic mass is 16.4. The van der Waals surface area contributed by atoms with Crippen LogP contribution in [-0.2, 0) is 16.0 Å². The van der Waals surface area contributed by atoms with Crippen molar-refractivity contribution in [1.82, 2.24) is 5.32 Å². The fraction of sp³-hybridized carbons (Fsp3) is 0.385. The second-order valence-corrected chi connectivity index (χ2v) is 4.43. The van der Waals surface area contributed by atoms with Crippen LogP contribution in [0.2, 0.25) is 0 Å². The van der Waals surface area contributed by atoms with Crippen LogP contribution in [0.15, 0.2) is 24.3 Å². The summed E-state index contributed by atoms with van der Waals surface area (Å²) in [5.74, 6) is -2.13. The summed E-state index contributed by atoms with van der Waals surface area (Å²) < 4.78 is 0. The van der Waals surface area contributed by atoms with Crippen molar-refractivity contribution >= 4 is 17.6 Å². The lowest BCUT2D eigenvalue weighted by molar-refractivity contribution is -0.140. The number of carboxylic acids is 2. The Hall–Kier alpha value is -2.08. The van der Waals surface area contributed by atoms with E-state index < -0.39 is 18.0 Å². The van der Waals surface area contributed by atoms with Crippen molar-refractivity contribution in [3.8, 4) is 0 Å². The summed E-state index contributed by atoms with van der Waals surface area (Å²) in [5, 5.41) is 20.1. The van der Waals surface area contributed by atoms with Gasteiger partial charge in [0.15, 0.2) is 0 Å². The topological polar surface area (TPSA) is 89.9 Å². The minimum atomic E-state index is -1.07. The average molecular weight is 266 g/mol. The Bertz CT molecular complexity index is 442. The van der Waals surface area contributed by atoms with Gasteiger partial charge >= 0.3 is 11.9 Å². The molecule has 0 fully saturated rings. The molecule has 19 heavy (non-hydrogen) atoms. The third kappa shape index (κ3) is 4.97. The Morgan fingerprint density at radius 3 is 2.21 bits per heavy atom. The van der Waals surface area contributed by atoms with Gasteiger partial charge in [0.2, 0.25) is 0 Å². The Balaban J connectivity index is 2.68. The van der Waals surface area contributed by atoms with E-state index in [1.54, 1.807) is 0 Å². The highest BCUT2D eigenvalue weighted by Gasteiger charge is 2.18. The van der Waals surface area contributed by atoms with Crippen LogP contribution in [-0.4, -0.2) is 48.8 Å². The minimum absolute atomic E-state index is 0.246. The van der Waals surface area contributed by atoms with E-state index in [0.717, 1.165) is 11.3 Å². The van der Waals surface area contributed by atoms with E-state index in [9.17, 15) is 9.59 Å². The largest absolute Gasteiger partial charge is 0.480 e. The first kappa shape index (κ1) is 15.0. The fourth-order valence-electron chi connectivity index (χ4n) is 1.62. The van der Waals surface area contributed by atoms with Crippen molar-refractivity contribution in [3.63, 3.8) is 0 Å². The Morgan fingerprint density at radius 2 is 1.79 bits per heavy atom. The number of aliphatic carboxylic acids is 2. The van der Waals surface area contributed by atoms with Gasteiger partial charge in [-0.1, -0.05) is 12.1 Å². The maximum absolute atomic E-state index is 11.0. The van der Waals surface area contributed by atoms with Crippen molar-refractivity contribution in [3.05, 3.63) is 29.8 Å². The summed E-state index contributed by atoms with van der Waals surface area (Å²) in [6.45, 7) is -0.368. The van der Waals surface area contributed by atoms with Crippen LogP contribution in [0, 0.1) is 0 Å². The van der Waals surface area contributed by atoms with Gasteiger partial charge in [0.1, 0.15) is 6.04 Å². The molecule has 0 aliphatic rings. The lowest BCUT2D eigenvalue weighted by atomic mass is 10.1. The molecule has 1 unspecified atom stereocenters. The maximum Gasteiger partial charge on any atom is 0.321 e. The molecular formula is C13H18N2O4. The van der Waals surface area contributed by atoms with Gasteiger partial charge in [0.05, 0.1) is 6.54 Å². The molecule has 3 N–H and O–H groups in total. The van der Waals surface area contributed by atoms with Gasteiger partial charge in [-0.05, 0) is 24.1 Å². The molecule has 1 aromatic carbocycles. The van der Waals surface area contributed by atoms with Crippen LogP contribution < -0.4 is 10.2 Å². The molecule has 0 aliphatic carbocycles. The predicted molar refractivity (Wildman–Crippen MR) is 71.5 cm³/mol. The van der Waals surface area contributed by atoms with Crippen molar-refractivity contribution in [2.24, 2.45) is 0 Å². The van der Waals surface area contributed by atoms with Gasteiger partial charge < -0.3 is 15.1 Å². The summed E-state index contributed by atoms with van der Waals surface area (Å²) in [5.41, 5.74) is 1.87. The van der Waals surface area contributed by atoms with E-state index in [-0.39, 0.29) is 13.0 Å². The summed E-state index contributed by atoms with van der Waals surface area (Å²) in [7, 11) is 3.84. The maximum atomic E-state index is 11.0. The lowest BCUT2D eigenvalue weighted by Crippen LogP contribution is -2.41. The van der Waals surface area contributed by atoms with Crippen molar-refractivity contribution in [1.29, 1.82) is 0 Å². The molecule has 0 aromatic heterocycles. The smallest absolute Gasteiger partial charge is 0.321 e. The zero-order valence-electron chi connectivity index (χ0n) is 11.0. The number of nitrogens with one attached hydrogen (secondary N) is 1. The molecule has 104 valence electrons. The second-order valence-electron chi connectivity index (χ2n) is 4.43. The van der Waals surface area contributed by atoms with Gasteiger partial charge in [0.25, 0.3) is 0 Å². The quantitative estimate of drug-likeness (QED) is 0.663. The highest BCUT2D eigenvalue weighted by Crippen LogP contribution is 2.13. The van der Waals surface area contributed by atoms with E-state index in [1.807, 2.05) is 43.3 Å². The predicted octanol–water partition coefficient (Wildman–Crippen LogP) is 0.422. The summed E-state index contributed by atoms with van der Waals surface area (Å²) in [4.78, 5) is 23.4. The molecule has 0 radical (unpaired) electrons. The van der Waals surface area contributed by atoms with Crippen LogP contribution in [0.5, 0.6) is 0 Å². The van der Waals surface area contributed by atoms with Gasteiger partial charge in [-0.25, -0.2) is 0 Å². The molecule has 1 rings (SSSR count). The molecule has 0 saturated carbocycles. The molecule has 0 bridgehead atoms. The molecule has 0 amide bonds. The van der Waals surface area contributed by atoms with Gasteiger partial charge in [-0.2, -0.15) is 0 Å². The van der Waals surface area contributed by atoms with E-state index in [4.69, 9.17) is 10.2 Å². The number of anilines is 1. The molecular weight excluding hydrogens is 248 g/mol. The van der Waals surface area contributed by atoms with Crippen molar-refractivity contribution < 1.29 is 19.8 Å². The number of nitrogens with zero attached hydrogens (tertiary/aromatic N) is 1. The number of benzene rings is 1. The van der Waals surface area contributed by atoms with Crippen LogP contribution in [0.4, 0.5) is 5.69 Å². The molecule has 0 heterocycles.